The Morgan fingerprint density at radius 1 is 0.605 bits per heavy atom. The first-order valence-electron chi connectivity index (χ1n) is 12.7. The van der Waals surface area contributed by atoms with Gasteiger partial charge in [0.15, 0.2) is 17.5 Å². The molecule has 1 aromatic heterocycles. The van der Waals surface area contributed by atoms with E-state index in [1.165, 1.54) is 24.3 Å². The summed E-state index contributed by atoms with van der Waals surface area (Å²) in [6.45, 7) is 0. The molecule has 0 saturated carbocycles. The number of nitrogens with zero attached hydrogens (tertiary/aromatic N) is 4. The van der Waals surface area contributed by atoms with Crippen LogP contribution in [0.1, 0.15) is 33.4 Å². The van der Waals surface area contributed by atoms with Gasteiger partial charge in [-0.3, -0.25) is 10.8 Å². The number of hydrogen-bond acceptors (Lipinski definition) is 6. The topological polar surface area (TPSA) is 132 Å². The molecule has 2 N–H and O–H groups in total. The van der Waals surface area contributed by atoms with E-state index in [0.29, 0.717) is 50.0 Å². The zero-order chi connectivity index (χ0) is 30.4. The summed E-state index contributed by atoms with van der Waals surface area (Å²) in [5, 5.41) is 46.0. The minimum atomic E-state index is -1.55. The quantitative estimate of drug-likeness (QED) is 0.234. The molecule has 0 atom stereocenters. The molecule has 0 radical (unpaired) electrons. The van der Waals surface area contributed by atoms with E-state index < -0.39 is 34.1 Å². The van der Waals surface area contributed by atoms with Gasteiger partial charge in [-0.1, -0.05) is 54.6 Å². The predicted octanol–water partition coefficient (Wildman–Crippen LogP) is 7.54. The van der Waals surface area contributed by atoms with Crippen molar-refractivity contribution in [3.05, 3.63) is 124 Å². The average Bonchev–Trinajstić information content (AvgIpc) is 3.03. The lowest BCUT2D eigenvalue weighted by atomic mass is 9.82. The summed E-state index contributed by atoms with van der Waals surface area (Å²) in [5.74, 6) is -4.37. The van der Waals surface area contributed by atoms with Gasteiger partial charge in [-0.2, -0.15) is 15.8 Å². The molecule has 0 unspecified atom stereocenters. The molecule has 4 aromatic carbocycles. The van der Waals surface area contributed by atoms with E-state index in [4.69, 9.17) is 15.8 Å². The number of halogens is 3. The molecule has 0 fully saturated rings. The van der Waals surface area contributed by atoms with Gasteiger partial charge in [-0.05, 0) is 35.4 Å². The molecule has 1 aliphatic carbocycles. The van der Waals surface area contributed by atoms with Gasteiger partial charge in [0.05, 0.1) is 39.8 Å². The van der Waals surface area contributed by atoms with Gasteiger partial charge in [0.2, 0.25) is 0 Å². The van der Waals surface area contributed by atoms with E-state index in [9.17, 15) is 20.2 Å². The van der Waals surface area contributed by atoms with Crippen molar-refractivity contribution in [3.63, 3.8) is 0 Å². The highest BCUT2D eigenvalue weighted by Gasteiger charge is 2.29. The summed E-state index contributed by atoms with van der Waals surface area (Å²) in [4.78, 5) is 4.84. The van der Waals surface area contributed by atoms with Crippen LogP contribution in [0.25, 0.3) is 44.9 Å². The molecule has 0 aliphatic heterocycles. The van der Waals surface area contributed by atoms with Gasteiger partial charge in [0.1, 0.15) is 23.3 Å². The van der Waals surface area contributed by atoms with Crippen LogP contribution in [0.3, 0.4) is 0 Å². The van der Waals surface area contributed by atoms with E-state index in [2.05, 4.69) is 6.07 Å². The number of pyridine rings is 1. The molecule has 0 amide bonds. The van der Waals surface area contributed by atoms with Gasteiger partial charge in [0, 0.05) is 27.6 Å². The van der Waals surface area contributed by atoms with E-state index in [1.54, 1.807) is 54.6 Å². The molecule has 1 heterocycles. The fraction of sp³-hybridized carbons (Fsp3) is 0. The molecule has 0 spiro atoms. The molecule has 0 bridgehead atoms. The Hall–Kier alpha value is -6.37. The van der Waals surface area contributed by atoms with Crippen LogP contribution in [0.4, 0.5) is 13.2 Å². The van der Waals surface area contributed by atoms with E-state index >= 15 is 8.78 Å². The summed E-state index contributed by atoms with van der Waals surface area (Å²) < 4.78 is 44.4. The highest BCUT2D eigenvalue weighted by molar-refractivity contribution is 6.64. The third kappa shape index (κ3) is 4.14. The zero-order valence-corrected chi connectivity index (χ0v) is 21.9. The van der Waals surface area contributed by atoms with Crippen molar-refractivity contribution in [2.75, 3.05) is 0 Å². The minimum absolute atomic E-state index is 0.00119. The number of fused-ring (bicyclic) bond motifs is 3. The Labute approximate surface area is 242 Å². The van der Waals surface area contributed by atoms with Crippen LogP contribution in [-0.4, -0.2) is 16.4 Å². The lowest BCUT2D eigenvalue weighted by Crippen LogP contribution is -2.21. The van der Waals surface area contributed by atoms with E-state index in [1.807, 2.05) is 12.1 Å². The summed E-state index contributed by atoms with van der Waals surface area (Å²) in [6, 6.07) is 24.5. The third-order valence-electron chi connectivity index (χ3n) is 7.30. The van der Waals surface area contributed by atoms with Crippen LogP contribution >= 0.6 is 0 Å². The molecule has 43 heavy (non-hydrogen) atoms. The van der Waals surface area contributed by atoms with Crippen LogP contribution in [0.15, 0.2) is 72.8 Å². The van der Waals surface area contributed by atoms with Crippen LogP contribution in [0.2, 0.25) is 0 Å². The Balaban J connectivity index is 1.57. The van der Waals surface area contributed by atoms with Gasteiger partial charge in [-0.15, -0.1) is 0 Å². The molecular weight excluding hydrogens is 549 g/mol. The maximum atomic E-state index is 15.1. The fourth-order valence-electron chi connectivity index (χ4n) is 5.19. The second kappa shape index (κ2) is 10.2. The highest BCUT2D eigenvalue weighted by atomic mass is 19.1. The molecule has 5 aromatic rings. The first-order valence-corrected chi connectivity index (χ1v) is 12.7. The van der Waals surface area contributed by atoms with Crippen molar-refractivity contribution in [1.29, 1.82) is 26.6 Å². The largest absolute Gasteiger partial charge is 0.298 e. The summed E-state index contributed by atoms with van der Waals surface area (Å²) >= 11 is 0. The SMILES string of the molecule is N#Cc1ccc(C2=Cc3c(-c4ccc(-c5c(F)c(C#N)c(F)c(C#N)c5F)cc4)nc4ccccc4c3C(=N)C2=N)cc1. The molecule has 6 rings (SSSR count). The Kier molecular flexibility index (Phi) is 6.38. The highest BCUT2D eigenvalue weighted by Crippen LogP contribution is 2.39. The normalized spacial score (nSPS) is 12.2. The van der Waals surface area contributed by atoms with Crippen molar-refractivity contribution in [3.8, 4) is 40.6 Å². The molecule has 6 nitrogen and oxygen atoms in total. The Morgan fingerprint density at radius 2 is 1.19 bits per heavy atom. The lowest BCUT2D eigenvalue weighted by Gasteiger charge is -2.23. The number of para-hydroxylation sites is 1. The van der Waals surface area contributed by atoms with Crippen molar-refractivity contribution in [2.45, 2.75) is 0 Å². The zero-order valence-electron chi connectivity index (χ0n) is 21.9. The van der Waals surface area contributed by atoms with Crippen LogP contribution < -0.4 is 0 Å². The number of allylic oxidation sites excluding steroid dienone is 1. The number of nitrogens with one attached hydrogen (secondary N) is 2. The van der Waals surface area contributed by atoms with Gasteiger partial charge in [0.25, 0.3) is 0 Å². The maximum absolute atomic E-state index is 15.1. The van der Waals surface area contributed by atoms with E-state index in [0.717, 1.165) is 0 Å². The fourth-order valence-corrected chi connectivity index (χ4v) is 5.19. The number of nitriles is 3. The van der Waals surface area contributed by atoms with Crippen LogP contribution in [-0.2, 0) is 0 Å². The first kappa shape index (κ1) is 26.8. The maximum Gasteiger partial charge on any atom is 0.164 e. The second-order valence-corrected chi connectivity index (χ2v) is 9.63. The Morgan fingerprint density at radius 3 is 1.79 bits per heavy atom. The predicted molar refractivity (Wildman–Crippen MR) is 156 cm³/mol. The van der Waals surface area contributed by atoms with Gasteiger partial charge < -0.3 is 0 Å². The van der Waals surface area contributed by atoms with Gasteiger partial charge >= 0.3 is 0 Å². The molecule has 202 valence electrons. The van der Waals surface area contributed by atoms with Crippen LogP contribution in [0, 0.1) is 62.3 Å². The van der Waals surface area contributed by atoms with Crippen molar-refractivity contribution < 1.29 is 13.2 Å². The summed E-state index contributed by atoms with van der Waals surface area (Å²) in [7, 11) is 0. The average molecular weight is 565 g/mol. The Bertz CT molecular complexity index is 2170. The third-order valence-corrected chi connectivity index (χ3v) is 7.30. The van der Waals surface area contributed by atoms with Crippen molar-refractivity contribution in [2.24, 2.45) is 0 Å². The molecule has 0 saturated heterocycles. The first-order chi connectivity index (χ1) is 20.8. The number of hydrogen-bond donors (Lipinski definition) is 2. The van der Waals surface area contributed by atoms with Crippen molar-refractivity contribution >= 4 is 34.0 Å². The number of benzene rings is 4. The van der Waals surface area contributed by atoms with E-state index in [-0.39, 0.29) is 17.0 Å². The number of aromatic nitrogens is 1. The lowest BCUT2D eigenvalue weighted by molar-refractivity contribution is 0.539. The standard InChI is InChI=1S/C34H15F3N6/c35-29-24(15-39)30(36)27(31(37)25(29)16-40)19-9-11-20(12-10-19)34-23-13-22(18-7-5-17(14-38)6-8-18)32(41)33(42)28(23)21-3-1-2-4-26(21)43-34/h1-13,41-42H. The molecule has 9 heteroatoms. The smallest absolute Gasteiger partial charge is 0.164 e. The van der Waals surface area contributed by atoms with Gasteiger partial charge in [-0.25, -0.2) is 18.2 Å². The summed E-state index contributed by atoms with van der Waals surface area (Å²) in [6.07, 6.45) is 1.76. The van der Waals surface area contributed by atoms with Crippen LogP contribution in [0.5, 0.6) is 0 Å². The molecular formula is C34H15F3N6. The summed E-state index contributed by atoms with van der Waals surface area (Å²) in [5.41, 5.74) is 1.29. The second-order valence-electron chi connectivity index (χ2n) is 9.63. The monoisotopic (exact) mass is 564 g/mol. The molecule has 1 aliphatic rings. The number of rotatable bonds is 3. The minimum Gasteiger partial charge on any atom is -0.298 e. The van der Waals surface area contributed by atoms with Crippen molar-refractivity contribution in [1.82, 2.24) is 4.98 Å².